The Morgan fingerprint density at radius 3 is 1.28 bits per heavy atom. The van der Waals surface area contributed by atoms with Gasteiger partial charge in [-0.1, -0.05) is 142 Å². The number of aliphatic hydroxyl groups is 1. The van der Waals surface area contributed by atoms with Crippen molar-refractivity contribution in [1.82, 2.24) is 0 Å². The van der Waals surface area contributed by atoms with Crippen LogP contribution in [0.1, 0.15) is 162 Å². The molecular weight excluding hydrogens is 352 g/mol. The molecule has 0 amide bonds. The van der Waals surface area contributed by atoms with Crippen molar-refractivity contribution >= 4 is 0 Å². The number of hydrogen-bond acceptors (Lipinski definition) is 1. The van der Waals surface area contributed by atoms with Crippen molar-refractivity contribution in [3.8, 4) is 0 Å². The van der Waals surface area contributed by atoms with Crippen molar-refractivity contribution in [2.24, 2.45) is 11.8 Å². The summed E-state index contributed by atoms with van der Waals surface area (Å²) >= 11 is 0. The molecule has 0 spiro atoms. The lowest BCUT2D eigenvalue weighted by Gasteiger charge is -2.10. The van der Waals surface area contributed by atoms with E-state index in [1.807, 2.05) is 0 Å². The molecule has 3 atom stereocenters. The Balaban J connectivity index is 1.75. The highest BCUT2D eigenvalue weighted by Crippen LogP contribution is 2.45. The Bertz CT molecular complexity index is 320. The van der Waals surface area contributed by atoms with Gasteiger partial charge in [0.25, 0.3) is 0 Å². The second-order valence-electron chi connectivity index (χ2n) is 10.2. The van der Waals surface area contributed by atoms with Crippen molar-refractivity contribution in [2.75, 3.05) is 0 Å². The van der Waals surface area contributed by atoms with E-state index >= 15 is 0 Å². The standard InChI is InChI=1S/C28H56O/c1-3-5-7-9-11-15-19-23-28(29)24-20-16-12-14-18-22-27-25-26(27)21-17-13-10-8-6-4-2/h26-29H,3-25H2,1-2H3/t26-,27+,28+/m1/s1. The third-order valence-electron chi connectivity index (χ3n) is 7.25. The third-order valence-corrected chi connectivity index (χ3v) is 7.25. The van der Waals surface area contributed by atoms with Crippen molar-refractivity contribution in [2.45, 2.75) is 168 Å². The van der Waals surface area contributed by atoms with Gasteiger partial charge in [0.05, 0.1) is 6.10 Å². The van der Waals surface area contributed by atoms with Crippen molar-refractivity contribution < 1.29 is 5.11 Å². The second-order valence-corrected chi connectivity index (χ2v) is 10.2. The van der Waals surface area contributed by atoms with Gasteiger partial charge in [-0.2, -0.15) is 0 Å². The van der Waals surface area contributed by atoms with E-state index in [2.05, 4.69) is 13.8 Å². The maximum atomic E-state index is 10.1. The molecule has 1 N–H and O–H groups in total. The fourth-order valence-corrected chi connectivity index (χ4v) is 5.00. The van der Waals surface area contributed by atoms with Gasteiger partial charge in [-0.05, 0) is 31.1 Å². The average Bonchev–Trinajstić information content (AvgIpc) is 3.47. The summed E-state index contributed by atoms with van der Waals surface area (Å²) in [7, 11) is 0. The molecular formula is C28H56O. The molecule has 1 nitrogen and oxygen atoms in total. The molecule has 1 aliphatic carbocycles. The van der Waals surface area contributed by atoms with Gasteiger partial charge in [0.2, 0.25) is 0 Å². The summed E-state index contributed by atoms with van der Waals surface area (Å²) in [6.45, 7) is 4.58. The van der Waals surface area contributed by atoms with Gasteiger partial charge in [-0.15, -0.1) is 0 Å². The number of unbranched alkanes of at least 4 members (excludes halogenated alkanes) is 15. The first-order valence-electron chi connectivity index (χ1n) is 14.0. The van der Waals surface area contributed by atoms with Crippen LogP contribution in [0.25, 0.3) is 0 Å². The zero-order valence-electron chi connectivity index (χ0n) is 20.4. The maximum absolute atomic E-state index is 10.1. The SMILES string of the molecule is CCCCCCCCC[C@H](O)CCCCCCC[C@H]1C[C@H]1CCCCCCCC. The summed E-state index contributed by atoms with van der Waals surface area (Å²) in [4.78, 5) is 0. The van der Waals surface area contributed by atoms with Crippen molar-refractivity contribution in [3.05, 3.63) is 0 Å². The largest absolute Gasteiger partial charge is 0.393 e. The molecule has 1 fully saturated rings. The van der Waals surface area contributed by atoms with E-state index < -0.39 is 0 Å². The zero-order chi connectivity index (χ0) is 21.0. The average molecular weight is 409 g/mol. The van der Waals surface area contributed by atoms with E-state index in [1.54, 1.807) is 6.42 Å². The van der Waals surface area contributed by atoms with Gasteiger partial charge in [0, 0.05) is 0 Å². The normalized spacial score (nSPS) is 19.6. The van der Waals surface area contributed by atoms with Crippen LogP contribution in [0.2, 0.25) is 0 Å². The quantitative estimate of drug-likeness (QED) is 0.167. The highest BCUT2D eigenvalue weighted by Gasteiger charge is 2.34. The van der Waals surface area contributed by atoms with Crippen molar-refractivity contribution in [3.63, 3.8) is 0 Å². The number of rotatable bonds is 23. The summed E-state index contributed by atoms with van der Waals surface area (Å²) in [5.41, 5.74) is 0. The smallest absolute Gasteiger partial charge is 0.0540 e. The van der Waals surface area contributed by atoms with Gasteiger partial charge < -0.3 is 5.11 Å². The van der Waals surface area contributed by atoms with E-state index in [-0.39, 0.29) is 6.10 Å². The van der Waals surface area contributed by atoms with Gasteiger partial charge in [0.1, 0.15) is 0 Å². The van der Waals surface area contributed by atoms with Crippen LogP contribution < -0.4 is 0 Å². The minimum atomic E-state index is -0.0279. The maximum Gasteiger partial charge on any atom is 0.0540 e. The molecule has 29 heavy (non-hydrogen) atoms. The van der Waals surface area contributed by atoms with E-state index in [4.69, 9.17) is 0 Å². The Labute approximate surface area is 184 Å². The molecule has 1 saturated carbocycles. The van der Waals surface area contributed by atoms with Gasteiger partial charge in [-0.3, -0.25) is 0 Å². The minimum Gasteiger partial charge on any atom is -0.393 e. The molecule has 1 heteroatoms. The van der Waals surface area contributed by atoms with E-state index in [1.165, 1.54) is 128 Å². The van der Waals surface area contributed by atoms with Gasteiger partial charge in [0.15, 0.2) is 0 Å². The van der Waals surface area contributed by atoms with Crippen LogP contribution in [0.3, 0.4) is 0 Å². The van der Waals surface area contributed by atoms with Crippen LogP contribution in [-0.2, 0) is 0 Å². The monoisotopic (exact) mass is 408 g/mol. The predicted molar refractivity (Wildman–Crippen MR) is 131 cm³/mol. The van der Waals surface area contributed by atoms with E-state index in [0.29, 0.717) is 0 Å². The molecule has 174 valence electrons. The molecule has 0 saturated heterocycles. The first-order valence-corrected chi connectivity index (χ1v) is 14.0. The lowest BCUT2D eigenvalue weighted by atomic mass is 10.0. The van der Waals surface area contributed by atoms with E-state index in [9.17, 15) is 5.11 Å². The first-order chi connectivity index (χ1) is 14.3. The Kier molecular flexibility index (Phi) is 18.5. The molecule has 1 aliphatic rings. The summed E-state index contributed by atoms with van der Waals surface area (Å²) in [6.07, 6.45) is 31.6. The molecule has 0 aromatic carbocycles. The van der Waals surface area contributed by atoms with Crippen LogP contribution in [0, 0.1) is 11.8 Å². The number of hydrogen-bond donors (Lipinski definition) is 1. The third kappa shape index (κ3) is 17.3. The second kappa shape index (κ2) is 19.9. The highest BCUT2D eigenvalue weighted by molar-refractivity contribution is 4.85. The van der Waals surface area contributed by atoms with Crippen LogP contribution >= 0.6 is 0 Å². The molecule has 0 aromatic heterocycles. The topological polar surface area (TPSA) is 20.2 Å². The zero-order valence-corrected chi connectivity index (χ0v) is 20.4. The minimum absolute atomic E-state index is 0.0279. The lowest BCUT2D eigenvalue weighted by molar-refractivity contribution is 0.147. The molecule has 0 bridgehead atoms. The van der Waals surface area contributed by atoms with Gasteiger partial charge in [-0.25, -0.2) is 0 Å². The Morgan fingerprint density at radius 2 is 0.862 bits per heavy atom. The molecule has 0 unspecified atom stereocenters. The van der Waals surface area contributed by atoms with Gasteiger partial charge >= 0.3 is 0 Å². The molecule has 0 heterocycles. The lowest BCUT2D eigenvalue weighted by Crippen LogP contribution is -2.05. The fraction of sp³-hybridized carbons (Fsp3) is 1.00. The van der Waals surface area contributed by atoms with Crippen LogP contribution in [0.15, 0.2) is 0 Å². The molecule has 0 radical (unpaired) electrons. The van der Waals surface area contributed by atoms with Crippen LogP contribution in [-0.4, -0.2) is 11.2 Å². The number of aliphatic hydroxyl groups excluding tert-OH is 1. The van der Waals surface area contributed by atoms with Crippen molar-refractivity contribution in [1.29, 1.82) is 0 Å². The molecule has 0 aliphatic heterocycles. The van der Waals surface area contributed by atoms with Crippen LogP contribution in [0.4, 0.5) is 0 Å². The Hall–Kier alpha value is -0.0400. The summed E-state index contributed by atoms with van der Waals surface area (Å²) in [6, 6.07) is 0. The molecule has 1 rings (SSSR count). The highest BCUT2D eigenvalue weighted by atomic mass is 16.3. The van der Waals surface area contributed by atoms with E-state index in [0.717, 1.165) is 24.7 Å². The van der Waals surface area contributed by atoms with Crippen LogP contribution in [0.5, 0.6) is 0 Å². The molecule has 0 aromatic rings. The summed E-state index contributed by atoms with van der Waals surface area (Å²) in [5.74, 6) is 2.19. The summed E-state index contributed by atoms with van der Waals surface area (Å²) < 4.78 is 0. The fourth-order valence-electron chi connectivity index (χ4n) is 5.00. The Morgan fingerprint density at radius 1 is 0.517 bits per heavy atom. The first kappa shape index (κ1) is 27.0. The summed E-state index contributed by atoms with van der Waals surface area (Å²) in [5, 5.41) is 10.1. The predicted octanol–water partition coefficient (Wildman–Crippen LogP) is 9.61.